The van der Waals surface area contributed by atoms with Gasteiger partial charge in [-0.25, -0.2) is 8.42 Å². The highest BCUT2D eigenvalue weighted by Gasteiger charge is 2.16. The third-order valence-electron chi connectivity index (χ3n) is 5.94. The van der Waals surface area contributed by atoms with Gasteiger partial charge >= 0.3 is 0 Å². The van der Waals surface area contributed by atoms with E-state index in [2.05, 4.69) is 30.9 Å². The van der Waals surface area contributed by atoms with Gasteiger partial charge in [-0.1, -0.05) is 18.2 Å². The van der Waals surface area contributed by atoms with Gasteiger partial charge < -0.3 is 25.8 Å². The quantitative estimate of drug-likeness (QED) is 0.230. The summed E-state index contributed by atoms with van der Waals surface area (Å²) in [6.07, 6.45) is 2.95. The van der Waals surface area contributed by atoms with Crippen molar-refractivity contribution < 1.29 is 13.2 Å². The molecule has 0 aliphatic carbocycles. The number of nitrogens with zero attached hydrogens (tertiary/aromatic N) is 4. The van der Waals surface area contributed by atoms with Crippen LogP contribution >= 0.6 is 0 Å². The molecule has 0 spiro atoms. The number of amides is 1. The van der Waals surface area contributed by atoms with E-state index in [-0.39, 0.29) is 5.91 Å². The molecule has 2 aromatic carbocycles. The summed E-state index contributed by atoms with van der Waals surface area (Å²) in [7, 11) is 2.03. The molecule has 2 aromatic heterocycles. The Bertz CT molecular complexity index is 1520. The Morgan fingerprint density at radius 3 is 2.45 bits per heavy atom. The molecule has 0 bridgehead atoms. The number of nitrogens with one attached hydrogen (secondary N) is 4. The summed E-state index contributed by atoms with van der Waals surface area (Å²) in [5, 5.41) is 10.2. The van der Waals surface area contributed by atoms with Crippen LogP contribution in [0.3, 0.4) is 0 Å². The summed E-state index contributed by atoms with van der Waals surface area (Å²) in [6.45, 7) is 1.69. The van der Waals surface area contributed by atoms with E-state index in [1.165, 1.54) is 17.6 Å². The highest BCUT2D eigenvalue weighted by Crippen LogP contribution is 2.26. The largest absolute Gasteiger partial charge is 0.365 e. The maximum Gasteiger partial charge on any atom is 0.251 e. The van der Waals surface area contributed by atoms with E-state index in [1.54, 1.807) is 42.6 Å². The molecule has 0 saturated heterocycles. The maximum absolute atomic E-state index is 12.3. The first-order valence-electron chi connectivity index (χ1n) is 12.0. The third-order valence-corrected chi connectivity index (χ3v) is 7.13. The van der Waals surface area contributed by atoms with E-state index >= 15 is 0 Å². The average Bonchev–Trinajstić information content (AvgIpc) is 3.35. The van der Waals surface area contributed by atoms with Gasteiger partial charge in [0.1, 0.15) is 11.5 Å². The van der Waals surface area contributed by atoms with Crippen LogP contribution in [0.15, 0.2) is 60.8 Å². The molecule has 0 atom stereocenters. The van der Waals surface area contributed by atoms with Crippen LogP contribution in [0.4, 0.5) is 23.1 Å². The number of hydrogen-bond acceptors (Lipinski definition) is 8. The van der Waals surface area contributed by atoms with Gasteiger partial charge in [0.2, 0.25) is 16.0 Å². The lowest BCUT2D eigenvalue weighted by Crippen LogP contribution is -2.31. The maximum atomic E-state index is 12.3. The van der Waals surface area contributed by atoms with Crippen molar-refractivity contribution in [2.24, 2.45) is 0 Å². The van der Waals surface area contributed by atoms with Crippen LogP contribution in [0.25, 0.3) is 11.0 Å². The van der Waals surface area contributed by atoms with Gasteiger partial charge in [0, 0.05) is 44.1 Å². The zero-order chi connectivity index (χ0) is 27.3. The molecule has 0 unspecified atom stereocenters. The fraction of sp³-hybridized carbons (Fsp3) is 0.269. The van der Waals surface area contributed by atoms with Crippen LogP contribution in [0.2, 0.25) is 0 Å². The highest BCUT2D eigenvalue weighted by molar-refractivity contribution is 7.92. The Hall–Kier alpha value is -4.16. The zero-order valence-corrected chi connectivity index (χ0v) is 22.6. The van der Waals surface area contributed by atoms with Crippen LogP contribution < -0.4 is 20.3 Å². The van der Waals surface area contributed by atoms with E-state index in [0.29, 0.717) is 41.8 Å². The van der Waals surface area contributed by atoms with Crippen LogP contribution in [0.5, 0.6) is 0 Å². The van der Waals surface area contributed by atoms with Crippen molar-refractivity contribution in [1.82, 2.24) is 25.2 Å². The van der Waals surface area contributed by atoms with E-state index in [0.717, 1.165) is 23.2 Å². The number of carbonyl (C=O) groups excluding carboxylic acids is 1. The van der Waals surface area contributed by atoms with Gasteiger partial charge in [0.15, 0.2) is 0 Å². The molecule has 2 heterocycles. The Balaban J connectivity index is 1.50. The van der Waals surface area contributed by atoms with Crippen LogP contribution in [0, 0.1) is 0 Å². The lowest BCUT2D eigenvalue weighted by atomic mass is 10.1. The van der Waals surface area contributed by atoms with E-state index < -0.39 is 10.0 Å². The highest BCUT2D eigenvalue weighted by atomic mass is 32.2. The van der Waals surface area contributed by atoms with Crippen LogP contribution in [-0.4, -0.2) is 74.7 Å². The number of carbonyl (C=O) groups is 1. The first kappa shape index (κ1) is 26.9. The minimum atomic E-state index is -3.41. The lowest BCUT2D eigenvalue weighted by molar-refractivity contribution is 0.0951. The molecule has 4 rings (SSSR count). The number of aromatic nitrogens is 3. The first-order chi connectivity index (χ1) is 18.1. The Morgan fingerprint density at radius 2 is 1.74 bits per heavy atom. The normalized spacial score (nSPS) is 11.5. The van der Waals surface area contributed by atoms with Gasteiger partial charge in [0.25, 0.3) is 5.91 Å². The zero-order valence-electron chi connectivity index (χ0n) is 21.8. The van der Waals surface area contributed by atoms with E-state index in [4.69, 9.17) is 0 Å². The number of likely N-dealkylation sites (N-methyl/N-ethyl adjacent to an activating group) is 1. The van der Waals surface area contributed by atoms with E-state index in [9.17, 15) is 13.2 Å². The molecular weight excluding hydrogens is 504 g/mol. The molecule has 11 nitrogen and oxygen atoms in total. The first-order valence-corrected chi connectivity index (χ1v) is 13.9. The number of para-hydroxylation sites is 1. The second kappa shape index (κ2) is 11.5. The van der Waals surface area contributed by atoms with Crippen molar-refractivity contribution in [3.8, 4) is 0 Å². The smallest absolute Gasteiger partial charge is 0.251 e. The number of anilines is 4. The monoisotopic (exact) mass is 536 g/mol. The molecule has 0 radical (unpaired) electrons. The van der Waals surface area contributed by atoms with Crippen LogP contribution in [-0.2, 0) is 16.6 Å². The second-order valence-corrected chi connectivity index (χ2v) is 11.1. The standard InChI is InChI=1S/C26H32N8O3S/c1-33(2)16-15-28-25(35)18-9-11-20(12-10-18)30-26-31-23-21(13-14-27-23)24(32-26)29-17-19-7-5-6-8-22(19)34(3)38(4,36)37/h5-14H,15-17H2,1-4H3,(H,28,35)(H3,27,29,30,31,32). The molecule has 1 amide bonds. The molecule has 0 fully saturated rings. The number of H-pyrrole nitrogens is 1. The molecule has 0 aliphatic rings. The number of aromatic amines is 1. The molecule has 0 saturated carbocycles. The average molecular weight is 537 g/mol. The van der Waals surface area contributed by atoms with Crippen LogP contribution in [0.1, 0.15) is 15.9 Å². The van der Waals surface area contributed by atoms with Crippen molar-refractivity contribution in [2.45, 2.75) is 6.54 Å². The summed E-state index contributed by atoms with van der Waals surface area (Å²) in [5.74, 6) is 0.829. The summed E-state index contributed by atoms with van der Waals surface area (Å²) in [6, 6.07) is 16.3. The van der Waals surface area contributed by atoms with Gasteiger partial charge in [0.05, 0.1) is 17.3 Å². The number of rotatable bonds is 11. The lowest BCUT2D eigenvalue weighted by Gasteiger charge is -2.20. The van der Waals surface area contributed by atoms with Crippen molar-refractivity contribution in [2.75, 3.05) is 55.4 Å². The topological polar surface area (TPSA) is 135 Å². The number of hydrogen-bond donors (Lipinski definition) is 4. The number of fused-ring (bicyclic) bond motifs is 1. The van der Waals surface area contributed by atoms with Gasteiger partial charge in [-0.05, 0) is 56.1 Å². The van der Waals surface area contributed by atoms with E-state index in [1.807, 2.05) is 37.2 Å². The van der Waals surface area contributed by atoms with Crippen molar-refractivity contribution in [3.05, 3.63) is 71.9 Å². The summed E-state index contributed by atoms with van der Waals surface area (Å²) < 4.78 is 25.4. The summed E-state index contributed by atoms with van der Waals surface area (Å²) >= 11 is 0. The fourth-order valence-electron chi connectivity index (χ4n) is 3.79. The number of benzene rings is 2. The van der Waals surface area contributed by atoms with Gasteiger partial charge in [-0.15, -0.1) is 0 Å². The molecule has 38 heavy (non-hydrogen) atoms. The van der Waals surface area contributed by atoms with Crippen molar-refractivity contribution in [1.29, 1.82) is 0 Å². The minimum Gasteiger partial charge on any atom is -0.365 e. The molecule has 12 heteroatoms. The Morgan fingerprint density at radius 1 is 1.00 bits per heavy atom. The van der Waals surface area contributed by atoms with Gasteiger partial charge in [-0.3, -0.25) is 9.10 Å². The molecular formula is C26H32N8O3S. The molecule has 4 aromatic rings. The predicted octanol–water partition coefficient (Wildman–Crippen LogP) is 3.00. The molecule has 200 valence electrons. The Kier molecular flexibility index (Phi) is 8.13. The SMILES string of the molecule is CN(C)CCNC(=O)c1ccc(Nc2nc(NCc3ccccc3N(C)S(C)(=O)=O)c3cc[nH]c3n2)cc1. The van der Waals surface area contributed by atoms with Crippen molar-refractivity contribution >= 4 is 50.1 Å². The Labute approximate surface area is 222 Å². The minimum absolute atomic E-state index is 0.129. The van der Waals surface area contributed by atoms with Crippen molar-refractivity contribution in [3.63, 3.8) is 0 Å². The fourth-order valence-corrected chi connectivity index (χ4v) is 4.32. The molecule has 4 N–H and O–H groups in total. The third kappa shape index (κ3) is 6.58. The molecule has 0 aliphatic heterocycles. The summed E-state index contributed by atoms with van der Waals surface area (Å²) in [4.78, 5) is 26.7. The van der Waals surface area contributed by atoms with Gasteiger partial charge in [-0.2, -0.15) is 9.97 Å². The predicted molar refractivity (Wildman–Crippen MR) is 152 cm³/mol. The summed E-state index contributed by atoms with van der Waals surface area (Å²) in [5.41, 5.74) is 3.33. The number of sulfonamides is 1. The second-order valence-electron chi connectivity index (χ2n) is 9.11.